The molecule has 0 aliphatic carbocycles. The lowest BCUT2D eigenvalue weighted by Gasteiger charge is -2.02. The number of sulfonamides is 1. The number of halogens is 1. The Morgan fingerprint density at radius 2 is 1.70 bits per heavy atom. The van der Waals surface area contributed by atoms with Crippen LogP contribution >= 0.6 is 11.6 Å². The van der Waals surface area contributed by atoms with Crippen molar-refractivity contribution in [2.45, 2.75) is 4.90 Å². The number of nitro benzene ring substituents is 1. The maximum absolute atomic E-state index is 12.1. The summed E-state index contributed by atoms with van der Waals surface area (Å²) in [6, 6.07) is 14.7. The van der Waals surface area contributed by atoms with E-state index in [0.29, 0.717) is 22.1 Å². The highest BCUT2D eigenvalue weighted by molar-refractivity contribution is 7.89. The van der Waals surface area contributed by atoms with Gasteiger partial charge in [-0.3, -0.25) is 10.1 Å². The first-order chi connectivity index (χ1) is 12.8. The van der Waals surface area contributed by atoms with Crippen LogP contribution in [-0.2, 0) is 10.0 Å². The Kier molecular flexibility index (Phi) is 5.24. The minimum absolute atomic E-state index is 0.0232. The van der Waals surface area contributed by atoms with Crippen LogP contribution in [0.3, 0.4) is 0 Å². The number of hydrazone groups is 1. The van der Waals surface area contributed by atoms with E-state index in [9.17, 15) is 18.5 Å². The molecule has 0 bridgehead atoms. The molecule has 3 aromatic rings. The number of hydrogen-bond donors (Lipinski definition) is 1. The van der Waals surface area contributed by atoms with Gasteiger partial charge in [0.25, 0.3) is 15.7 Å². The fourth-order valence-corrected chi connectivity index (χ4v) is 3.07. The maximum Gasteiger partial charge on any atom is 0.276 e. The van der Waals surface area contributed by atoms with Crippen molar-refractivity contribution >= 4 is 33.5 Å². The van der Waals surface area contributed by atoms with Crippen molar-refractivity contribution in [3.8, 4) is 11.3 Å². The van der Waals surface area contributed by atoms with Crippen LogP contribution in [0.15, 0.2) is 75.1 Å². The zero-order valence-electron chi connectivity index (χ0n) is 13.6. The van der Waals surface area contributed by atoms with Gasteiger partial charge in [-0.15, -0.1) is 0 Å². The summed E-state index contributed by atoms with van der Waals surface area (Å²) in [4.78, 5) is 12.3. The monoisotopic (exact) mass is 405 g/mol. The average molecular weight is 406 g/mol. The van der Waals surface area contributed by atoms with Gasteiger partial charge in [0.1, 0.15) is 11.5 Å². The molecule has 3 rings (SSSR count). The van der Waals surface area contributed by atoms with Crippen molar-refractivity contribution in [1.29, 1.82) is 0 Å². The number of nitrogens with zero attached hydrogens (tertiary/aromatic N) is 2. The first kappa shape index (κ1) is 18.6. The second-order valence-corrected chi connectivity index (χ2v) is 7.41. The smallest absolute Gasteiger partial charge is 0.276 e. The minimum atomic E-state index is -3.82. The lowest BCUT2D eigenvalue weighted by Crippen LogP contribution is -2.18. The van der Waals surface area contributed by atoms with Crippen molar-refractivity contribution < 1.29 is 17.8 Å². The highest BCUT2D eigenvalue weighted by Crippen LogP contribution is 2.24. The van der Waals surface area contributed by atoms with E-state index >= 15 is 0 Å². The molecule has 1 aromatic heterocycles. The summed E-state index contributed by atoms with van der Waals surface area (Å²) in [5.74, 6) is 0.772. The second-order valence-electron chi connectivity index (χ2n) is 5.31. The number of benzene rings is 2. The standard InChI is InChI=1S/C17H12ClN3O5S/c18-13-3-8-16(9-4-13)27(24,25)20-19-11-15-7-10-17(26-15)12-1-5-14(6-2-12)21(22)23/h1-11,20H. The minimum Gasteiger partial charge on any atom is -0.455 e. The average Bonchev–Trinajstić information content (AvgIpc) is 3.11. The Morgan fingerprint density at radius 1 is 1.04 bits per heavy atom. The van der Waals surface area contributed by atoms with Crippen LogP contribution in [0, 0.1) is 10.1 Å². The Bertz CT molecular complexity index is 1090. The van der Waals surface area contributed by atoms with E-state index in [1.165, 1.54) is 42.6 Å². The van der Waals surface area contributed by atoms with Crippen molar-refractivity contribution in [2.75, 3.05) is 0 Å². The number of hydrogen-bond acceptors (Lipinski definition) is 6. The first-order valence-electron chi connectivity index (χ1n) is 7.50. The Labute approximate surface area is 159 Å². The zero-order chi connectivity index (χ0) is 19.4. The largest absolute Gasteiger partial charge is 0.455 e. The van der Waals surface area contributed by atoms with Crippen LogP contribution in [0.2, 0.25) is 5.02 Å². The highest BCUT2D eigenvalue weighted by atomic mass is 35.5. The van der Waals surface area contributed by atoms with E-state index in [1.807, 2.05) is 0 Å². The van der Waals surface area contributed by atoms with Gasteiger partial charge in [-0.25, -0.2) is 0 Å². The van der Waals surface area contributed by atoms with Crippen LogP contribution in [0.25, 0.3) is 11.3 Å². The molecule has 27 heavy (non-hydrogen) atoms. The lowest BCUT2D eigenvalue weighted by atomic mass is 10.1. The molecule has 10 heteroatoms. The quantitative estimate of drug-likeness (QED) is 0.380. The molecule has 138 valence electrons. The molecule has 0 aliphatic rings. The van der Waals surface area contributed by atoms with Gasteiger partial charge in [-0.05, 0) is 48.5 Å². The molecule has 0 amide bonds. The molecule has 0 saturated heterocycles. The molecule has 0 unspecified atom stereocenters. The first-order valence-corrected chi connectivity index (χ1v) is 9.36. The highest BCUT2D eigenvalue weighted by Gasteiger charge is 2.12. The maximum atomic E-state index is 12.1. The number of furan rings is 1. The van der Waals surface area contributed by atoms with E-state index in [0.717, 1.165) is 0 Å². The lowest BCUT2D eigenvalue weighted by molar-refractivity contribution is -0.384. The van der Waals surface area contributed by atoms with Gasteiger partial charge in [-0.1, -0.05) is 11.6 Å². The van der Waals surface area contributed by atoms with Crippen LogP contribution in [0.4, 0.5) is 5.69 Å². The van der Waals surface area contributed by atoms with Crippen LogP contribution in [0.5, 0.6) is 0 Å². The van der Waals surface area contributed by atoms with Gasteiger partial charge >= 0.3 is 0 Å². The van der Waals surface area contributed by atoms with E-state index in [4.69, 9.17) is 16.0 Å². The van der Waals surface area contributed by atoms with Crippen molar-refractivity contribution in [3.05, 3.63) is 81.6 Å². The Morgan fingerprint density at radius 3 is 2.33 bits per heavy atom. The summed E-state index contributed by atoms with van der Waals surface area (Å²) in [7, 11) is -3.82. The van der Waals surface area contributed by atoms with Gasteiger partial charge in [0.05, 0.1) is 16.0 Å². The fraction of sp³-hybridized carbons (Fsp3) is 0. The normalized spacial score (nSPS) is 11.6. The molecule has 0 radical (unpaired) electrons. The third-order valence-electron chi connectivity index (χ3n) is 3.48. The number of rotatable bonds is 6. The van der Waals surface area contributed by atoms with Gasteiger partial charge < -0.3 is 4.42 Å². The zero-order valence-corrected chi connectivity index (χ0v) is 15.1. The fourth-order valence-electron chi connectivity index (χ4n) is 2.15. The molecular weight excluding hydrogens is 394 g/mol. The summed E-state index contributed by atoms with van der Waals surface area (Å²) in [5, 5.41) is 14.8. The third kappa shape index (κ3) is 4.52. The van der Waals surface area contributed by atoms with Crippen LogP contribution in [-0.4, -0.2) is 19.6 Å². The molecule has 8 nitrogen and oxygen atoms in total. The van der Waals surface area contributed by atoms with E-state index in [2.05, 4.69) is 9.93 Å². The summed E-state index contributed by atoms with van der Waals surface area (Å²) in [6.45, 7) is 0. The van der Waals surface area contributed by atoms with Gasteiger partial charge in [0.15, 0.2) is 0 Å². The van der Waals surface area contributed by atoms with E-state index in [-0.39, 0.29) is 10.6 Å². The molecule has 0 spiro atoms. The molecule has 2 aromatic carbocycles. The number of non-ortho nitro benzene ring substituents is 1. The van der Waals surface area contributed by atoms with Crippen LogP contribution in [0.1, 0.15) is 5.76 Å². The molecule has 0 atom stereocenters. The summed E-state index contributed by atoms with van der Waals surface area (Å²) in [6.07, 6.45) is 1.21. The number of nitro groups is 1. The van der Waals surface area contributed by atoms with E-state index in [1.54, 1.807) is 24.3 Å². The molecule has 1 heterocycles. The molecule has 1 N–H and O–H groups in total. The Balaban J connectivity index is 1.70. The molecule has 0 aliphatic heterocycles. The Hall–Kier alpha value is -3.17. The summed E-state index contributed by atoms with van der Waals surface area (Å²) >= 11 is 5.73. The van der Waals surface area contributed by atoms with Crippen molar-refractivity contribution in [1.82, 2.24) is 4.83 Å². The van der Waals surface area contributed by atoms with Gasteiger partial charge in [-0.2, -0.15) is 18.4 Å². The summed E-state index contributed by atoms with van der Waals surface area (Å²) in [5.41, 5.74) is 0.616. The summed E-state index contributed by atoms with van der Waals surface area (Å²) < 4.78 is 29.7. The van der Waals surface area contributed by atoms with Crippen molar-refractivity contribution in [3.63, 3.8) is 0 Å². The second kappa shape index (κ2) is 7.60. The number of nitrogens with one attached hydrogen (secondary N) is 1. The molecular formula is C17H12ClN3O5S. The predicted octanol–water partition coefficient (Wildman–Crippen LogP) is 3.82. The molecule has 0 saturated carbocycles. The molecule has 0 fully saturated rings. The van der Waals surface area contributed by atoms with Crippen LogP contribution < -0.4 is 4.83 Å². The van der Waals surface area contributed by atoms with Gasteiger partial charge in [0.2, 0.25) is 0 Å². The van der Waals surface area contributed by atoms with Crippen molar-refractivity contribution in [2.24, 2.45) is 5.10 Å². The third-order valence-corrected chi connectivity index (χ3v) is 4.97. The predicted molar refractivity (Wildman–Crippen MR) is 100 cm³/mol. The van der Waals surface area contributed by atoms with E-state index < -0.39 is 14.9 Å². The van der Waals surface area contributed by atoms with Gasteiger partial charge in [0, 0.05) is 22.7 Å². The topological polar surface area (TPSA) is 115 Å². The SMILES string of the molecule is O=[N+]([O-])c1ccc(-c2ccc(C=NNS(=O)(=O)c3ccc(Cl)cc3)o2)cc1.